The number of pyridine rings is 2. The Morgan fingerprint density at radius 3 is 1.34 bits per heavy atom. The summed E-state index contributed by atoms with van der Waals surface area (Å²) in [6.07, 6.45) is 2.27. The lowest BCUT2D eigenvalue weighted by atomic mass is 10.1. The molecule has 0 bridgehead atoms. The Kier molecular flexibility index (Phi) is 5.91. The van der Waals surface area contributed by atoms with Crippen LogP contribution in [0, 0.1) is 0 Å². The Bertz CT molecular complexity index is 1630. The van der Waals surface area contributed by atoms with Crippen molar-refractivity contribution < 1.29 is 48.4 Å². The molecule has 0 spiro atoms. The summed E-state index contributed by atoms with van der Waals surface area (Å²) in [5.41, 5.74) is -1.08. The molecule has 6 rings (SSSR count). The largest absolute Gasteiger partial charge is 0.477 e. The highest BCUT2D eigenvalue weighted by Gasteiger charge is 2.22. The van der Waals surface area contributed by atoms with E-state index >= 15 is 0 Å². The maximum Gasteiger partial charge on any atom is 0.341 e. The normalized spacial score (nSPS) is 12.7. The number of carbonyl (C=O) groups is 2. The van der Waals surface area contributed by atoms with Gasteiger partial charge in [0.2, 0.25) is 24.4 Å². The van der Waals surface area contributed by atoms with E-state index in [4.69, 9.17) is 38.8 Å². The van der Waals surface area contributed by atoms with E-state index in [1.165, 1.54) is 35.8 Å². The van der Waals surface area contributed by atoms with Gasteiger partial charge < -0.3 is 38.8 Å². The van der Waals surface area contributed by atoms with Crippen LogP contribution in [0.5, 0.6) is 23.0 Å². The molecule has 4 aromatic rings. The number of ether oxygens (including phenoxy) is 4. The van der Waals surface area contributed by atoms with E-state index in [1.54, 1.807) is 12.1 Å². The fourth-order valence-corrected chi connectivity index (χ4v) is 3.98. The molecule has 38 heavy (non-hydrogen) atoms. The van der Waals surface area contributed by atoms with Gasteiger partial charge in [-0.05, 0) is 12.1 Å². The number of carboxylic acids is 2. The summed E-state index contributed by atoms with van der Waals surface area (Å²) in [4.78, 5) is 56.4. The molecule has 0 radical (unpaired) electrons. The number of aromatic nitrogens is 2. The van der Waals surface area contributed by atoms with Gasteiger partial charge in [-0.2, -0.15) is 9.46 Å². The Labute approximate surface area is 211 Å². The smallest absolute Gasteiger partial charge is 0.341 e. The molecule has 196 valence electrons. The minimum atomic E-state index is -1.31. The van der Waals surface area contributed by atoms with Gasteiger partial charge in [0.1, 0.15) is 25.3 Å². The van der Waals surface area contributed by atoms with Crippen molar-refractivity contribution in [2.75, 3.05) is 27.8 Å². The van der Waals surface area contributed by atoms with Crippen LogP contribution in [0.3, 0.4) is 0 Å². The number of rotatable bonds is 4. The van der Waals surface area contributed by atoms with Crippen molar-refractivity contribution in [2.24, 2.45) is 0 Å². The van der Waals surface area contributed by atoms with Crippen molar-refractivity contribution in [3.8, 4) is 23.0 Å². The zero-order valence-corrected chi connectivity index (χ0v) is 19.7. The molecule has 2 N–H and O–H groups in total. The Morgan fingerprint density at radius 2 is 1.03 bits per heavy atom. The molecule has 0 saturated carbocycles. The molecule has 0 aliphatic carbocycles. The first kappa shape index (κ1) is 24.3. The molecule has 0 amide bonds. The van der Waals surface area contributed by atoms with Crippen molar-refractivity contribution in [2.45, 2.75) is 0 Å². The molecule has 14 heteroatoms. The zero-order valence-electron chi connectivity index (χ0n) is 19.7. The van der Waals surface area contributed by atoms with E-state index in [2.05, 4.69) is 0 Å². The molecule has 0 atom stereocenters. The molecule has 0 fully saturated rings. The fourth-order valence-electron chi connectivity index (χ4n) is 3.98. The van der Waals surface area contributed by atoms with E-state index < -0.39 is 22.8 Å². The quantitative estimate of drug-likeness (QED) is 0.386. The Hall–Kier alpha value is -5.40. The van der Waals surface area contributed by atoms with Crippen LogP contribution in [0.1, 0.15) is 20.7 Å². The van der Waals surface area contributed by atoms with Gasteiger partial charge in [-0.25, -0.2) is 9.59 Å². The second-order valence-electron chi connectivity index (χ2n) is 7.82. The lowest BCUT2D eigenvalue weighted by Gasteiger charge is -2.10. The van der Waals surface area contributed by atoms with Crippen LogP contribution in [-0.2, 0) is 0 Å². The lowest BCUT2D eigenvalue weighted by Crippen LogP contribution is -2.21. The van der Waals surface area contributed by atoms with Gasteiger partial charge >= 0.3 is 11.9 Å². The van der Waals surface area contributed by atoms with Crippen LogP contribution < -0.4 is 39.5 Å². The van der Waals surface area contributed by atoms with Crippen molar-refractivity contribution in [3.63, 3.8) is 0 Å². The molecule has 2 aromatic carbocycles. The van der Waals surface area contributed by atoms with Gasteiger partial charge in [0.25, 0.3) is 0 Å². The summed E-state index contributed by atoms with van der Waals surface area (Å²) >= 11 is 0. The molecule has 2 aliphatic rings. The maximum absolute atomic E-state index is 12.1. The van der Waals surface area contributed by atoms with Gasteiger partial charge in [0.05, 0.1) is 34.2 Å². The maximum atomic E-state index is 12.1. The highest BCUT2D eigenvalue weighted by molar-refractivity contribution is 5.94. The minimum absolute atomic E-state index is 0.0681. The number of aromatic carboxylic acids is 2. The van der Waals surface area contributed by atoms with E-state index in [0.717, 1.165) is 12.4 Å². The minimum Gasteiger partial charge on any atom is -0.477 e. The van der Waals surface area contributed by atoms with Crippen molar-refractivity contribution in [1.29, 1.82) is 0 Å². The summed E-state index contributed by atoms with van der Waals surface area (Å²) in [6, 6.07) is 6.08. The third-order valence-electron chi connectivity index (χ3n) is 5.78. The van der Waals surface area contributed by atoms with E-state index in [9.17, 15) is 19.2 Å². The number of nitrogens with zero attached hydrogens (tertiary/aromatic N) is 2. The first-order chi connectivity index (χ1) is 18.2. The standard InChI is InChI=1S/2C12H9NO6/c2*1-17-13-4-7(12(15)16)11(14)6-2-9-10(3-8(6)13)19-5-18-9/h2*2-4H,5H2,1H3,(H,15,16). The summed E-state index contributed by atoms with van der Waals surface area (Å²) in [6.45, 7) is 0.136. The molecule has 0 unspecified atom stereocenters. The fraction of sp³-hybridized carbons (Fsp3) is 0.167. The van der Waals surface area contributed by atoms with E-state index in [1.807, 2.05) is 0 Å². The molecule has 0 saturated heterocycles. The second-order valence-corrected chi connectivity index (χ2v) is 7.82. The summed E-state index contributed by atoms with van der Waals surface area (Å²) < 4.78 is 23.2. The number of hydrogen-bond donors (Lipinski definition) is 2. The van der Waals surface area contributed by atoms with E-state index in [-0.39, 0.29) is 35.5 Å². The topological polar surface area (TPSA) is 174 Å². The predicted molar refractivity (Wildman–Crippen MR) is 128 cm³/mol. The first-order valence-corrected chi connectivity index (χ1v) is 10.8. The van der Waals surface area contributed by atoms with Gasteiger partial charge in [0.15, 0.2) is 23.0 Å². The number of carboxylic acid groups (broad SMARTS) is 2. The van der Waals surface area contributed by atoms with Crippen LogP contribution in [0.4, 0.5) is 0 Å². The van der Waals surface area contributed by atoms with Crippen LogP contribution in [0.2, 0.25) is 0 Å². The molecular formula is C24H18N2O12. The molecular weight excluding hydrogens is 508 g/mol. The highest BCUT2D eigenvalue weighted by Crippen LogP contribution is 2.36. The first-order valence-electron chi connectivity index (χ1n) is 10.8. The van der Waals surface area contributed by atoms with Gasteiger partial charge in [0, 0.05) is 12.1 Å². The molecule has 14 nitrogen and oxygen atoms in total. The summed E-state index contributed by atoms with van der Waals surface area (Å²) in [5.74, 6) is -0.822. The Balaban J connectivity index is 0.000000155. The third kappa shape index (κ3) is 3.93. The van der Waals surface area contributed by atoms with Crippen LogP contribution >= 0.6 is 0 Å². The average Bonchev–Trinajstić information content (AvgIpc) is 3.56. The monoisotopic (exact) mass is 526 g/mol. The third-order valence-corrected chi connectivity index (χ3v) is 5.78. The van der Waals surface area contributed by atoms with Gasteiger partial charge in [-0.1, -0.05) is 0 Å². The van der Waals surface area contributed by atoms with Crippen LogP contribution in [0.15, 0.2) is 46.2 Å². The van der Waals surface area contributed by atoms with Crippen LogP contribution in [0.25, 0.3) is 21.8 Å². The van der Waals surface area contributed by atoms with Crippen molar-refractivity contribution >= 4 is 33.7 Å². The summed E-state index contributed by atoms with van der Waals surface area (Å²) in [5, 5.41) is 18.4. The number of hydrogen-bond acceptors (Lipinski definition) is 10. The number of fused-ring (bicyclic) bond motifs is 4. The predicted octanol–water partition coefficient (Wildman–Crippen LogP) is 0.974. The molecule has 4 heterocycles. The molecule has 2 aromatic heterocycles. The van der Waals surface area contributed by atoms with E-state index in [0.29, 0.717) is 34.0 Å². The summed E-state index contributed by atoms with van der Waals surface area (Å²) in [7, 11) is 2.75. The second kappa shape index (κ2) is 9.24. The highest BCUT2D eigenvalue weighted by atomic mass is 16.7. The average molecular weight is 526 g/mol. The van der Waals surface area contributed by atoms with Crippen LogP contribution in [-0.4, -0.2) is 59.4 Å². The SMILES string of the molecule is COn1cc(C(=O)O)c(=O)c2cc3c(cc21)OCO3.COn1cc(C(=O)O)c(=O)c2cc3c(cc21)OCO3. The lowest BCUT2D eigenvalue weighted by molar-refractivity contribution is 0.0680. The number of benzene rings is 2. The Morgan fingerprint density at radius 1 is 0.684 bits per heavy atom. The van der Waals surface area contributed by atoms with Crippen molar-refractivity contribution in [1.82, 2.24) is 9.46 Å². The van der Waals surface area contributed by atoms with Gasteiger partial charge in [-0.3, -0.25) is 9.59 Å². The van der Waals surface area contributed by atoms with Gasteiger partial charge in [-0.15, -0.1) is 0 Å². The zero-order chi connectivity index (χ0) is 27.1. The molecule has 2 aliphatic heterocycles. The van der Waals surface area contributed by atoms with Crippen molar-refractivity contribution in [3.05, 3.63) is 68.2 Å².